The second-order valence-electron chi connectivity index (χ2n) is 5.38. The molecule has 0 bridgehead atoms. The van der Waals surface area contributed by atoms with Crippen LogP contribution >= 0.6 is 0 Å². The van der Waals surface area contributed by atoms with Gasteiger partial charge in [-0.15, -0.1) is 5.10 Å². The highest BCUT2D eigenvalue weighted by Gasteiger charge is 2.11. The van der Waals surface area contributed by atoms with Crippen LogP contribution in [-0.4, -0.2) is 34.6 Å². The molecule has 7 heteroatoms. The van der Waals surface area contributed by atoms with E-state index in [0.29, 0.717) is 13.0 Å². The fraction of sp³-hybridized carbons (Fsp3) is 0.167. The van der Waals surface area contributed by atoms with Crippen LogP contribution in [0.5, 0.6) is 5.75 Å². The normalized spacial score (nSPS) is 10.5. The molecule has 25 heavy (non-hydrogen) atoms. The van der Waals surface area contributed by atoms with Gasteiger partial charge >= 0.3 is 0 Å². The van der Waals surface area contributed by atoms with Crippen LogP contribution in [0.25, 0.3) is 5.69 Å². The summed E-state index contributed by atoms with van der Waals surface area (Å²) in [4.78, 5) is 12.1. The molecule has 1 N–H and O–H groups in total. The molecule has 2 aromatic carbocycles. The maximum absolute atomic E-state index is 12.8. The Labute approximate surface area is 144 Å². The number of hydrogen-bond donors (Lipinski definition) is 1. The minimum atomic E-state index is -0.304. The number of carbonyl (C=O) groups is 1. The lowest BCUT2D eigenvalue weighted by molar-refractivity contribution is 0.0949. The number of aromatic nitrogens is 3. The van der Waals surface area contributed by atoms with Crippen LogP contribution in [0.4, 0.5) is 4.39 Å². The third kappa shape index (κ3) is 4.20. The molecule has 0 spiro atoms. The Bertz CT molecular complexity index is 844. The summed E-state index contributed by atoms with van der Waals surface area (Å²) >= 11 is 0. The molecule has 128 valence electrons. The lowest BCUT2D eigenvalue weighted by Gasteiger charge is -2.03. The summed E-state index contributed by atoms with van der Waals surface area (Å²) in [5.41, 5.74) is 1.96. The van der Waals surface area contributed by atoms with Gasteiger partial charge in [-0.2, -0.15) is 0 Å². The first-order chi connectivity index (χ1) is 12.2. The molecule has 0 aliphatic heterocycles. The molecular formula is C18H17FN4O2. The van der Waals surface area contributed by atoms with Crippen LogP contribution in [0.3, 0.4) is 0 Å². The summed E-state index contributed by atoms with van der Waals surface area (Å²) in [6.07, 6.45) is 2.17. The minimum Gasteiger partial charge on any atom is -0.497 e. The molecule has 0 saturated carbocycles. The van der Waals surface area contributed by atoms with E-state index in [-0.39, 0.29) is 17.4 Å². The van der Waals surface area contributed by atoms with Crippen molar-refractivity contribution in [2.24, 2.45) is 0 Å². The number of hydrogen-bond acceptors (Lipinski definition) is 4. The second-order valence-corrected chi connectivity index (χ2v) is 5.38. The molecule has 1 aromatic heterocycles. The summed E-state index contributed by atoms with van der Waals surface area (Å²) in [6, 6.07) is 13.4. The maximum atomic E-state index is 12.8. The molecule has 0 saturated heterocycles. The molecule has 1 amide bonds. The fourth-order valence-electron chi connectivity index (χ4n) is 2.29. The van der Waals surface area contributed by atoms with Crippen LogP contribution in [0.2, 0.25) is 0 Å². The van der Waals surface area contributed by atoms with Crippen molar-refractivity contribution in [1.82, 2.24) is 20.3 Å². The number of methoxy groups -OCH3 is 1. The maximum Gasteiger partial charge on any atom is 0.273 e. The number of halogens is 1. The Hall–Kier alpha value is -3.22. The van der Waals surface area contributed by atoms with Crippen LogP contribution in [0.15, 0.2) is 54.7 Å². The molecule has 0 unspecified atom stereocenters. The van der Waals surface area contributed by atoms with E-state index in [1.54, 1.807) is 37.6 Å². The first-order valence-electron chi connectivity index (χ1n) is 7.75. The zero-order valence-corrected chi connectivity index (χ0v) is 13.6. The minimum absolute atomic E-state index is 0.231. The van der Waals surface area contributed by atoms with E-state index in [2.05, 4.69) is 15.6 Å². The highest BCUT2D eigenvalue weighted by Crippen LogP contribution is 2.14. The Morgan fingerprint density at radius 1 is 1.16 bits per heavy atom. The summed E-state index contributed by atoms with van der Waals surface area (Å²) < 4.78 is 19.5. The third-order valence-corrected chi connectivity index (χ3v) is 3.68. The molecule has 1 heterocycles. The van der Waals surface area contributed by atoms with E-state index >= 15 is 0 Å². The zero-order chi connectivity index (χ0) is 17.6. The first-order valence-corrected chi connectivity index (χ1v) is 7.75. The predicted octanol–water partition coefficient (Wildman–Crippen LogP) is 2.39. The van der Waals surface area contributed by atoms with Gasteiger partial charge < -0.3 is 10.1 Å². The van der Waals surface area contributed by atoms with Crippen LogP contribution in [0, 0.1) is 5.82 Å². The van der Waals surface area contributed by atoms with Gasteiger partial charge in [-0.25, -0.2) is 9.07 Å². The summed E-state index contributed by atoms with van der Waals surface area (Å²) in [5, 5.41) is 10.6. The quantitative estimate of drug-likeness (QED) is 0.748. The van der Waals surface area contributed by atoms with Crippen LogP contribution in [0.1, 0.15) is 16.1 Å². The first kappa shape index (κ1) is 16.6. The van der Waals surface area contributed by atoms with Gasteiger partial charge in [0.1, 0.15) is 11.6 Å². The largest absolute Gasteiger partial charge is 0.497 e. The Morgan fingerprint density at radius 2 is 1.88 bits per heavy atom. The number of rotatable bonds is 6. The molecular weight excluding hydrogens is 323 g/mol. The highest BCUT2D eigenvalue weighted by molar-refractivity contribution is 5.91. The second kappa shape index (κ2) is 7.57. The van der Waals surface area contributed by atoms with Crippen molar-refractivity contribution in [2.45, 2.75) is 6.42 Å². The van der Waals surface area contributed by atoms with Gasteiger partial charge in [0, 0.05) is 6.54 Å². The van der Waals surface area contributed by atoms with Crippen molar-refractivity contribution >= 4 is 5.91 Å². The van der Waals surface area contributed by atoms with E-state index in [0.717, 1.165) is 17.0 Å². The zero-order valence-electron chi connectivity index (χ0n) is 13.6. The lowest BCUT2D eigenvalue weighted by atomic mass is 10.1. The van der Waals surface area contributed by atoms with Gasteiger partial charge in [0.25, 0.3) is 5.91 Å². The number of nitrogens with one attached hydrogen (secondary N) is 1. The molecule has 0 atom stereocenters. The fourth-order valence-corrected chi connectivity index (χ4v) is 2.29. The Kier molecular flexibility index (Phi) is 5.03. The van der Waals surface area contributed by atoms with Gasteiger partial charge in [-0.05, 0) is 48.4 Å². The molecule has 0 aliphatic carbocycles. The monoisotopic (exact) mass is 340 g/mol. The van der Waals surface area contributed by atoms with E-state index in [9.17, 15) is 9.18 Å². The van der Waals surface area contributed by atoms with Crippen molar-refractivity contribution in [1.29, 1.82) is 0 Å². The molecule has 0 aliphatic rings. The van der Waals surface area contributed by atoms with Gasteiger partial charge in [-0.3, -0.25) is 4.79 Å². The molecule has 3 aromatic rings. The van der Waals surface area contributed by atoms with E-state index in [1.165, 1.54) is 16.8 Å². The van der Waals surface area contributed by atoms with Crippen molar-refractivity contribution in [3.63, 3.8) is 0 Å². The van der Waals surface area contributed by atoms with Gasteiger partial charge in [0.2, 0.25) is 0 Å². The molecule has 3 rings (SSSR count). The standard InChI is InChI=1S/C18H17FN4O2/c1-25-16-8-6-15(7-9-16)23-12-17(21-22-23)18(24)20-11-10-13-2-4-14(19)5-3-13/h2-9,12H,10-11H2,1H3,(H,20,24). The van der Waals surface area contributed by atoms with Crippen molar-refractivity contribution in [3.05, 3.63) is 71.8 Å². The van der Waals surface area contributed by atoms with Gasteiger partial charge in [-0.1, -0.05) is 17.3 Å². The van der Waals surface area contributed by atoms with E-state index in [4.69, 9.17) is 4.74 Å². The van der Waals surface area contributed by atoms with Crippen molar-refractivity contribution < 1.29 is 13.9 Å². The average Bonchev–Trinajstić information content (AvgIpc) is 3.13. The number of benzene rings is 2. The predicted molar refractivity (Wildman–Crippen MR) is 90.3 cm³/mol. The number of amides is 1. The Balaban J connectivity index is 1.57. The summed E-state index contributed by atoms with van der Waals surface area (Å²) in [7, 11) is 1.60. The number of carbonyl (C=O) groups excluding carboxylic acids is 1. The lowest BCUT2D eigenvalue weighted by Crippen LogP contribution is -2.26. The van der Waals surface area contributed by atoms with Gasteiger partial charge in [0.15, 0.2) is 5.69 Å². The van der Waals surface area contributed by atoms with Gasteiger partial charge in [0.05, 0.1) is 19.0 Å². The summed E-state index contributed by atoms with van der Waals surface area (Å²) in [6.45, 7) is 0.430. The average molecular weight is 340 g/mol. The van der Waals surface area contributed by atoms with Crippen LogP contribution < -0.4 is 10.1 Å². The molecule has 0 radical (unpaired) electrons. The van der Waals surface area contributed by atoms with Crippen molar-refractivity contribution in [3.8, 4) is 11.4 Å². The smallest absolute Gasteiger partial charge is 0.273 e. The SMILES string of the molecule is COc1ccc(-n2cc(C(=O)NCCc3ccc(F)cc3)nn2)cc1. The summed E-state index contributed by atoms with van der Waals surface area (Å²) in [5.74, 6) is 0.160. The van der Waals surface area contributed by atoms with E-state index in [1.807, 2.05) is 12.1 Å². The highest BCUT2D eigenvalue weighted by atomic mass is 19.1. The topological polar surface area (TPSA) is 69.0 Å². The molecule has 6 nitrogen and oxygen atoms in total. The molecule has 0 fully saturated rings. The number of nitrogens with zero attached hydrogens (tertiary/aromatic N) is 3. The Morgan fingerprint density at radius 3 is 2.56 bits per heavy atom. The van der Waals surface area contributed by atoms with E-state index < -0.39 is 0 Å². The van der Waals surface area contributed by atoms with Crippen molar-refractivity contribution in [2.75, 3.05) is 13.7 Å². The van der Waals surface area contributed by atoms with Crippen LogP contribution in [-0.2, 0) is 6.42 Å². The number of ether oxygens (including phenoxy) is 1. The third-order valence-electron chi connectivity index (χ3n) is 3.68.